The summed E-state index contributed by atoms with van der Waals surface area (Å²) in [5.74, 6) is -1.33. The zero-order chi connectivity index (χ0) is 38.6. The average Bonchev–Trinajstić information content (AvgIpc) is 3.50. The summed E-state index contributed by atoms with van der Waals surface area (Å²) in [5.41, 5.74) is 19.2. The maximum Gasteiger partial charge on any atom is 0.303 e. The lowest BCUT2D eigenvalue weighted by atomic mass is 9.77. The first-order valence-electron chi connectivity index (χ1n) is 16.9. The van der Waals surface area contributed by atoms with Gasteiger partial charge in [-0.05, 0) is 47.2 Å². The van der Waals surface area contributed by atoms with Crippen LogP contribution in [0.5, 0.6) is 0 Å². The number of rotatable bonds is 14. The number of ether oxygens (including phenoxy) is 1. The molecule has 0 spiro atoms. The van der Waals surface area contributed by atoms with Crippen LogP contribution in [0.3, 0.4) is 0 Å². The molecule has 1 heterocycles. The van der Waals surface area contributed by atoms with Crippen LogP contribution in [0.1, 0.15) is 41.5 Å². The molecule has 1 aromatic heterocycles. The summed E-state index contributed by atoms with van der Waals surface area (Å²) in [6, 6.07) is 37.3. The average molecular weight is 718 g/mol. The third-order valence-electron chi connectivity index (χ3n) is 8.46. The largest absolute Gasteiger partial charge is 0.495 e. The van der Waals surface area contributed by atoms with E-state index in [1.54, 1.807) is 13.2 Å². The Kier molecular flexibility index (Phi) is 16.1. The van der Waals surface area contributed by atoms with Crippen LogP contribution in [0.25, 0.3) is 10.9 Å². The Labute approximate surface area is 309 Å². The summed E-state index contributed by atoms with van der Waals surface area (Å²) in [7, 11) is 3.55. The Hall–Kier alpha value is -6.62. The van der Waals surface area contributed by atoms with Gasteiger partial charge in [0.2, 0.25) is 18.2 Å². The highest BCUT2D eigenvalue weighted by Gasteiger charge is 2.37. The molecule has 11 heteroatoms. The molecular weight excluding hydrogens is 670 g/mol. The number of nitrogens with zero attached hydrogens (tertiary/aromatic N) is 1. The molecule has 4 aromatic carbocycles. The molecule has 0 aliphatic carbocycles. The first kappa shape index (κ1) is 40.8. The van der Waals surface area contributed by atoms with Gasteiger partial charge in [0.1, 0.15) is 11.3 Å². The minimum Gasteiger partial charge on any atom is -0.495 e. The maximum absolute atomic E-state index is 12.7. The number of fused-ring (bicyclic) bond motifs is 1. The highest BCUT2D eigenvalue weighted by atomic mass is 16.5. The predicted octanol–water partition coefficient (Wildman–Crippen LogP) is 5.28. The van der Waals surface area contributed by atoms with Gasteiger partial charge in [-0.15, -0.1) is 0 Å². The highest BCUT2D eigenvalue weighted by Crippen LogP contribution is 2.37. The van der Waals surface area contributed by atoms with Gasteiger partial charge >= 0.3 is 5.97 Å². The van der Waals surface area contributed by atoms with Gasteiger partial charge in [0.25, 0.3) is 0 Å². The summed E-state index contributed by atoms with van der Waals surface area (Å²) < 4.78 is 7.12. The quantitative estimate of drug-likeness (QED) is 0.0447. The van der Waals surface area contributed by atoms with E-state index >= 15 is 0 Å². The standard InChI is InChI=1S/C23H21NO3.C18H23N3O2.CH3NO/c25-21(16-17-22(26)27)24-23(18-10-4-1-5-11-18,19-12-6-2-7-13-19)20-14-8-3-9-15-20;1-21-12-14(16-8-3-4-9-17(16)21)10-13(18(20)22)6-5-7-15(11-19)23-2;2-1-3/h1-15H,16-17H2,(H,24,25)(H,26,27);3-5,7-9,11-13H,6,10,19H2,1-2H3,(H2,20,22);1H,(H2,2,3)/b;7-5-,15-11+;. The van der Waals surface area contributed by atoms with Gasteiger partial charge in [-0.1, -0.05) is 115 Å². The second kappa shape index (κ2) is 20.9. The van der Waals surface area contributed by atoms with Crippen molar-refractivity contribution in [3.63, 3.8) is 0 Å². The predicted molar refractivity (Wildman–Crippen MR) is 207 cm³/mol. The van der Waals surface area contributed by atoms with Crippen molar-refractivity contribution < 1.29 is 29.0 Å². The van der Waals surface area contributed by atoms with Crippen molar-refractivity contribution in [1.82, 2.24) is 9.88 Å². The van der Waals surface area contributed by atoms with Crippen LogP contribution in [0.2, 0.25) is 0 Å². The van der Waals surface area contributed by atoms with Gasteiger partial charge < -0.3 is 36.9 Å². The summed E-state index contributed by atoms with van der Waals surface area (Å²) in [5, 5.41) is 13.2. The van der Waals surface area contributed by atoms with Gasteiger partial charge in [0, 0.05) is 42.7 Å². The highest BCUT2D eigenvalue weighted by molar-refractivity contribution is 5.85. The van der Waals surface area contributed by atoms with Crippen molar-refractivity contribution in [2.45, 2.75) is 31.2 Å². The first-order chi connectivity index (χ1) is 25.6. The van der Waals surface area contributed by atoms with Gasteiger partial charge in [0.05, 0.1) is 13.5 Å². The molecule has 1 unspecified atom stereocenters. The number of nitrogens with two attached hydrogens (primary N) is 3. The van der Waals surface area contributed by atoms with Crippen molar-refractivity contribution in [2.24, 2.45) is 30.2 Å². The van der Waals surface area contributed by atoms with Gasteiger partial charge in [-0.2, -0.15) is 0 Å². The number of carbonyl (C=O) groups excluding carboxylic acids is 3. The topological polar surface area (TPSA) is 193 Å². The molecule has 0 saturated heterocycles. The molecule has 8 N–H and O–H groups in total. The number of primary amides is 2. The molecule has 0 fully saturated rings. The number of para-hydroxylation sites is 1. The Morgan fingerprint density at radius 3 is 1.77 bits per heavy atom. The fourth-order valence-corrected chi connectivity index (χ4v) is 5.97. The lowest BCUT2D eigenvalue weighted by molar-refractivity contribution is -0.139. The number of methoxy groups -OCH3 is 1. The summed E-state index contributed by atoms with van der Waals surface area (Å²) >= 11 is 0. The van der Waals surface area contributed by atoms with Crippen LogP contribution >= 0.6 is 0 Å². The molecule has 3 amide bonds. The molecule has 0 aliphatic rings. The number of hydrogen-bond acceptors (Lipinski definition) is 6. The SMILES string of the molecule is COC(/C=C\CC(Cc1cn(C)c2ccccc12)C(N)=O)=C/N.NC=O.O=C(O)CCC(=O)NC(c1ccccc1)(c1ccccc1)c1ccccc1. The summed E-state index contributed by atoms with van der Waals surface area (Å²) in [6.45, 7) is 0. The number of allylic oxidation sites excluding steroid dienone is 2. The molecule has 0 saturated carbocycles. The summed E-state index contributed by atoms with van der Waals surface area (Å²) in [6.07, 6.45) is 8.16. The van der Waals surface area contributed by atoms with Crippen molar-refractivity contribution in [2.75, 3.05) is 7.11 Å². The van der Waals surface area contributed by atoms with Crippen LogP contribution in [0.15, 0.2) is 146 Å². The van der Waals surface area contributed by atoms with E-state index in [1.165, 1.54) is 6.20 Å². The van der Waals surface area contributed by atoms with Crippen LogP contribution in [0.4, 0.5) is 0 Å². The Morgan fingerprint density at radius 1 is 0.830 bits per heavy atom. The van der Waals surface area contributed by atoms with E-state index in [1.807, 2.05) is 116 Å². The lowest BCUT2D eigenvalue weighted by Crippen LogP contribution is -2.47. The number of carboxylic acids is 1. The van der Waals surface area contributed by atoms with Gasteiger partial charge in [0.15, 0.2) is 0 Å². The van der Waals surface area contributed by atoms with E-state index in [9.17, 15) is 14.4 Å². The number of aliphatic carboxylic acids is 1. The Balaban J connectivity index is 0.000000269. The first-order valence-corrected chi connectivity index (χ1v) is 16.9. The zero-order valence-electron chi connectivity index (χ0n) is 29.9. The number of hydrogen-bond donors (Lipinski definition) is 5. The molecule has 0 radical (unpaired) electrons. The molecule has 0 aliphatic heterocycles. The molecule has 11 nitrogen and oxygen atoms in total. The third-order valence-corrected chi connectivity index (χ3v) is 8.46. The molecular formula is C42H47N5O6. The number of carboxylic acid groups (broad SMARTS) is 1. The second-order valence-electron chi connectivity index (χ2n) is 11.9. The molecule has 0 bridgehead atoms. The number of carbonyl (C=O) groups is 4. The molecule has 53 heavy (non-hydrogen) atoms. The minimum atomic E-state index is -0.991. The van der Waals surface area contributed by atoms with E-state index in [2.05, 4.69) is 33.9 Å². The number of benzene rings is 4. The van der Waals surface area contributed by atoms with Gasteiger partial charge in [-0.3, -0.25) is 19.2 Å². The zero-order valence-corrected chi connectivity index (χ0v) is 29.9. The molecule has 1 atom stereocenters. The smallest absolute Gasteiger partial charge is 0.303 e. The minimum absolute atomic E-state index is 0.0798. The van der Waals surface area contributed by atoms with Crippen LogP contribution in [-0.4, -0.2) is 41.0 Å². The number of aryl methyl sites for hydroxylation is 1. The fraction of sp³-hybridized carbons (Fsp3) is 0.190. The number of amides is 3. The molecule has 5 rings (SSSR count). The van der Waals surface area contributed by atoms with Crippen LogP contribution in [0, 0.1) is 5.92 Å². The normalized spacial score (nSPS) is 11.7. The monoisotopic (exact) mass is 717 g/mol. The van der Waals surface area contributed by atoms with E-state index in [0.29, 0.717) is 18.6 Å². The van der Waals surface area contributed by atoms with Crippen molar-refractivity contribution in [3.8, 4) is 0 Å². The number of aromatic nitrogens is 1. The molecule has 276 valence electrons. The van der Waals surface area contributed by atoms with Crippen LogP contribution < -0.4 is 22.5 Å². The lowest BCUT2D eigenvalue weighted by Gasteiger charge is -2.37. The Bertz CT molecular complexity index is 1880. The van der Waals surface area contributed by atoms with Crippen molar-refractivity contribution >= 4 is 35.1 Å². The van der Waals surface area contributed by atoms with E-state index in [4.69, 9.17) is 26.1 Å². The Morgan fingerprint density at radius 2 is 1.32 bits per heavy atom. The van der Waals surface area contributed by atoms with Crippen molar-refractivity contribution in [3.05, 3.63) is 168 Å². The second-order valence-corrected chi connectivity index (χ2v) is 11.9. The summed E-state index contributed by atoms with van der Waals surface area (Å²) in [4.78, 5) is 44.0. The molecule has 5 aromatic rings. The van der Waals surface area contributed by atoms with Gasteiger partial charge in [-0.25, -0.2) is 0 Å². The van der Waals surface area contributed by atoms with Crippen molar-refractivity contribution in [1.29, 1.82) is 0 Å². The third kappa shape index (κ3) is 11.4. The van der Waals surface area contributed by atoms with Crippen LogP contribution in [-0.2, 0) is 42.9 Å². The van der Waals surface area contributed by atoms with E-state index in [0.717, 1.165) is 33.2 Å². The van der Waals surface area contributed by atoms with E-state index in [-0.39, 0.29) is 37.0 Å². The fourth-order valence-electron chi connectivity index (χ4n) is 5.97. The number of nitrogens with one attached hydrogen (secondary N) is 1. The maximum atomic E-state index is 12.7. The van der Waals surface area contributed by atoms with E-state index < -0.39 is 11.5 Å².